The van der Waals surface area contributed by atoms with E-state index in [2.05, 4.69) is 5.10 Å². The van der Waals surface area contributed by atoms with Crippen LogP contribution in [0.15, 0.2) is 29.4 Å². The summed E-state index contributed by atoms with van der Waals surface area (Å²) in [7, 11) is 0. The molecule has 2 N–H and O–H groups in total. The Morgan fingerprint density at radius 3 is 2.62 bits per heavy atom. The summed E-state index contributed by atoms with van der Waals surface area (Å²) in [6.45, 7) is 1.88. The second-order valence-electron chi connectivity index (χ2n) is 2.62. The van der Waals surface area contributed by atoms with Crippen LogP contribution in [0.5, 0.6) is 0 Å². The molecule has 4 heteroatoms. The van der Waals surface area contributed by atoms with Crippen molar-refractivity contribution in [2.75, 3.05) is 0 Å². The molecule has 2 nitrogen and oxygen atoms in total. The van der Waals surface area contributed by atoms with Crippen LogP contribution >= 0.6 is 23.2 Å². The molecular weight excluding hydrogens is 207 g/mol. The monoisotopic (exact) mass is 216 g/mol. The Labute approximate surface area is 87.3 Å². The summed E-state index contributed by atoms with van der Waals surface area (Å²) in [5, 5.41) is 3.60. The molecule has 0 aromatic heterocycles. The van der Waals surface area contributed by atoms with E-state index >= 15 is 0 Å². The van der Waals surface area contributed by atoms with E-state index in [0.717, 1.165) is 11.1 Å². The maximum Gasteiger partial charge on any atom is 0.156 e. The summed E-state index contributed by atoms with van der Waals surface area (Å²) in [6, 6.07) is 7.51. The van der Waals surface area contributed by atoms with Crippen LogP contribution < -0.4 is 5.84 Å². The average molecular weight is 217 g/mol. The molecule has 0 spiro atoms. The zero-order valence-electron chi connectivity index (χ0n) is 7.17. The molecule has 0 heterocycles. The Bertz CT molecular complexity index is 321. The SMILES string of the molecule is CC(Cl)c1ccccc1/C(Cl)=N\N. The second kappa shape index (κ2) is 4.49. The lowest BCUT2D eigenvalue weighted by atomic mass is 10.1. The first-order valence-electron chi connectivity index (χ1n) is 3.83. The molecule has 1 unspecified atom stereocenters. The maximum absolute atomic E-state index is 5.95. The third-order valence-corrected chi connectivity index (χ3v) is 2.26. The number of nitrogens with zero attached hydrogens (tertiary/aromatic N) is 1. The predicted molar refractivity (Wildman–Crippen MR) is 57.3 cm³/mol. The third kappa shape index (κ3) is 2.36. The minimum absolute atomic E-state index is 0.105. The van der Waals surface area contributed by atoms with Gasteiger partial charge < -0.3 is 5.84 Å². The molecule has 0 fully saturated rings. The van der Waals surface area contributed by atoms with Gasteiger partial charge in [0.25, 0.3) is 0 Å². The predicted octanol–water partition coefficient (Wildman–Crippen LogP) is 2.85. The number of alkyl halides is 1. The summed E-state index contributed by atoms with van der Waals surface area (Å²) in [4.78, 5) is 0. The van der Waals surface area contributed by atoms with E-state index in [9.17, 15) is 0 Å². The summed E-state index contributed by atoms with van der Waals surface area (Å²) in [5.74, 6) is 5.09. The first-order valence-corrected chi connectivity index (χ1v) is 4.65. The zero-order chi connectivity index (χ0) is 9.84. The molecule has 0 aliphatic heterocycles. The molecule has 0 saturated heterocycles. The quantitative estimate of drug-likeness (QED) is 0.351. The van der Waals surface area contributed by atoms with Gasteiger partial charge in [0.05, 0.1) is 5.38 Å². The van der Waals surface area contributed by atoms with Crippen molar-refractivity contribution in [3.8, 4) is 0 Å². The number of hydrazone groups is 1. The summed E-state index contributed by atoms with van der Waals surface area (Å²) < 4.78 is 0. The molecule has 0 amide bonds. The van der Waals surface area contributed by atoms with Gasteiger partial charge in [0.15, 0.2) is 5.17 Å². The highest BCUT2D eigenvalue weighted by Crippen LogP contribution is 2.24. The standard InChI is InChI=1S/C9H10Cl2N2/c1-6(10)7-4-2-3-5-8(7)9(11)13-12/h2-6H,12H2,1H3/b13-9+. The molecule has 0 radical (unpaired) electrons. The molecule has 70 valence electrons. The van der Waals surface area contributed by atoms with Gasteiger partial charge >= 0.3 is 0 Å². The molecule has 0 bridgehead atoms. The Morgan fingerprint density at radius 2 is 2.08 bits per heavy atom. The minimum atomic E-state index is -0.105. The van der Waals surface area contributed by atoms with E-state index in [1.165, 1.54) is 0 Å². The van der Waals surface area contributed by atoms with Gasteiger partial charge in [0.1, 0.15) is 0 Å². The van der Waals surface area contributed by atoms with Crippen molar-refractivity contribution in [1.29, 1.82) is 0 Å². The highest BCUT2D eigenvalue weighted by atomic mass is 35.5. The van der Waals surface area contributed by atoms with Gasteiger partial charge in [-0.3, -0.25) is 0 Å². The van der Waals surface area contributed by atoms with Crippen LogP contribution in [0, 0.1) is 0 Å². The fourth-order valence-electron chi connectivity index (χ4n) is 1.10. The Kier molecular flexibility index (Phi) is 3.58. The molecule has 1 aromatic rings. The molecule has 0 aliphatic rings. The molecule has 13 heavy (non-hydrogen) atoms. The molecular formula is C9H10Cl2N2. The van der Waals surface area contributed by atoms with Crippen molar-refractivity contribution in [2.45, 2.75) is 12.3 Å². The van der Waals surface area contributed by atoms with E-state index in [-0.39, 0.29) is 10.5 Å². The highest BCUT2D eigenvalue weighted by Gasteiger charge is 2.10. The number of rotatable bonds is 2. The largest absolute Gasteiger partial charge is 0.322 e. The first kappa shape index (κ1) is 10.4. The van der Waals surface area contributed by atoms with Crippen LogP contribution in [-0.2, 0) is 0 Å². The molecule has 0 aliphatic carbocycles. The molecule has 0 saturated carbocycles. The average Bonchev–Trinajstić information content (AvgIpc) is 2.16. The number of benzene rings is 1. The lowest BCUT2D eigenvalue weighted by Crippen LogP contribution is -2.01. The van der Waals surface area contributed by atoms with Crippen molar-refractivity contribution in [3.05, 3.63) is 35.4 Å². The molecule has 1 atom stereocenters. The fourth-order valence-corrected chi connectivity index (χ4v) is 1.46. The van der Waals surface area contributed by atoms with E-state index < -0.39 is 0 Å². The number of halogens is 2. The van der Waals surface area contributed by atoms with Crippen molar-refractivity contribution < 1.29 is 0 Å². The van der Waals surface area contributed by atoms with Gasteiger partial charge in [-0.15, -0.1) is 11.6 Å². The Hall–Kier alpha value is -0.730. The Morgan fingerprint density at radius 1 is 1.46 bits per heavy atom. The van der Waals surface area contributed by atoms with Crippen molar-refractivity contribution in [2.24, 2.45) is 10.9 Å². The number of hydrogen-bond acceptors (Lipinski definition) is 2. The summed E-state index contributed by atoms with van der Waals surface area (Å²) in [6.07, 6.45) is 0. The van der Waals surface area contributed by atoms with Crippen LogP contribution in [0.1, 0.15) is 23.4 Å². The van der Waals surface area contributed by atoms with Gasteiger partial charge in [0.2, 0.25) is 0 Å². The summed E-state index contributed by atoms with van der Waals surface area (Å²) >= 11 is 11.8. The second-order valence-corrected chi connectivity index (χ2v) is 3.64. The first-order chi connectivity index (χ1) is 6.16. The van der Waals surface area contributed by atoms with Gasteiger partial charge in [-0.1, -0.05) is 35.9 Å². The van der Waals surface area contributed by atoms with E-state index in [4.69, 9.17) is 29.0 Å². The molecule has 1 rings (SSSR count). The zero-order valence-corrected chi connectivity index (χ0v) is 8.68. The highest BCUT2D eigenvalue weighted by molar-refractivity contribution is 6.69. The lowest BCUT2D eigenvalue weighted by Gasteiger charge is -2.08. The fraction of sp³-hybridized carbons (Fsp3) is 0.222. The smallest absolute Gasteiger partial charge is 0.156 e. The molecule has 1 aromatic carbocycles. The van der Waals surface area contributed by atoms with Crippen LogP contribution in [0.2, 0.25) is 0 Å². The van der Waals surface area contributed by atoms with Crippen LogP contribution in [0.4, 0.5) is 0 Å². The van der Waals surface area contributed by atoms with Gasteiger partial charge in [-0.05, 0) is 12.5 Å². The van der Waals surface area contributed by atoms with Crippen LogP contribution in [-0.4, -0.2) is 5.17 Å². The van der Waals surface area contributed by atoms with Crippen molar-refractivity contribution in [1.82, 2.24) is 0 Å². The Balaban J connectivity index is 3.20. The van der Waals surface area contributed by atoms with E-state index in [1.54, 1.807) is 0 Å². The van der Waals surface area contributed by atoms with Crippen molar-refractivity contribution >= 4 is 28.4 Å². The van der Waals surface area contributed by atoms with Crippen LogP contribution in [0.25, 0.3) is 0 Å². The van der Waals surface area contributed by atoms with E-state index in [0.29, 0.717) is 0 Å². The number of nitrogens with two attached hydrogens (primary N) is 1. The topological polar surface area (TPSA) is 38.4 Å². The third-order valence-electron chi connectivity index (χ3n) is 1.72. The van der Waals surface area contributed by atoms with Gasteiger partial charge in [-0.2, -0.15) is 5.10 Å². The normalized spacial score (nSPS) is 14.2. The van der Waals surface area contributed by atoms with E-state index in [1.807, 2.05) is 31.2 Å². The lowest BCUT2D eigenvalue weighted by molar-refractivity contribution is 1.08. The maximum atomic E-state index is 5.95. The minimum Gasteiger partial charge on any atom is -0.322 e. The number of hydrogen-bond donors (Lipinski definition) is 1. The summed E-state index contributed by atoms with van der Waals surface area (Å²) in [5.41, 5.74) is 1.72. The van der Waals surface area contributed by atoms with Crippen LogP contribution in [0.3, 0.4) is 0 Å². The van der Waals surface area contributed by atoms with Gasteiger partial charge in [0, 0.05) is 5.56 Å². The van der Waals surface area contributed by atoms with Crippen molar-refractivity contribution in [3.63, 3.8) is 0 Å². The van der Waals surface area contributed by atoms with Gasteiger partial charge in [-0.25, -0.2) is 0 Å².